The number of fused-ring (bicyclic) bond motifs is 2. The van der Waals surface area contributed by atoms with Gasteiger partial charge in [0.25, 0.3) is 0 Å². The first kappa shape index (κ1) is 87.6. The number of carbonyl (C=O) groups is 14. The van der Waals surface area contributed by atoms with Crippen LogP contribution >= 0.6 is 11.8 Å². The lowest BCUT2D eigenvalue weighted by Crippen LogP contribution is -2.61. The van der Waals surface area contributed by atoms with E-state index in [1.165, 1.54) is 74.1 Å². The lowest BCUT2D eigenvalue weighted by atomic mass is 9.99. The van der Waals surface area contributed by atoms with E-state index in [0.29, 0.717) is 44.2 Å². The molecule has 111 heavy (non-hydrogen) atoms. The number of nitrogens with one attached hydrogen (secondary N) is 15. The van der Waals surface area contributed by atoms with Crippen molar-refractivity contribution in [3.05, 3.63) is 132 Å². The van der Waals surface area contributed by atoms with E-state index in [-0.39, 0.29) is 80.4 Å². The lowest BCUT2D eigenvalue weighted by Gasteiger charge is -2.28. The fourth-order valence-corrected chi connectivity index (χ4v) is 12.2. The van der Waals surface area contributed by atoms with Gasteiger partial charge in [-0.15, -0.1) is 0 Å². The summed E-state index contributed by atoms with van der Waals surface area (Å²) in [5.74, 6) is -15.3. The first-order valence-electron chi connectivity index (χ1n) is 35.7. The molecule has 0 saturated carbocycles. The molecule has 37 heteroatoms. The van der Waals surface area contributed by atoms with E-state index < -0.39 is 182 Å². The van der Waals surface area contributed by atoms with E-state index in [2.05, 4.69) is 73.8 Å². The van der Waals surface area contributed by atoms with E-state index >= 15 is 9.59 Å². The van der Waals surface area contributed by atoms with Gasteiger partial charge in [0.2, 0.25) is 70.9 Å². The van der Waals surface area contributed by atoms with Crippen molar-refractivity contribution in [2.75, 3.05) is 25.1 Å². The van der Waals surface area contributed by atoms with Crippen molar-refractivity contribution >= 4 is 122 Å². The third kappa shape index (κ3) is 28.7. The Morgan fingerprint density at radius 1 is 0.468 bits per heavy atom. The molecule has 2 aromatic heterocycles. The molecule has 4 aromatic carbocycles. The number of thioether (sulfide) groups is 1. The van der Waals surface area contributed by atoms with E-state index in [0.717, 1.165) is 0 Å². The monoisotopic (exact) mass is 1560 g/mol. The molecule has 0 fully saturated rings. The molecule has 598 valence electrons. The summed E-state index contributed by atoms with van der Waals surface area (Å²) in [4.78, 5) is 200. The molecule has 36 nitrogen and oxygen atoms in total. The van der Waals surface area contributed by atoms with Crippen LogP contribution in [0.1, 0.15) is 94.9 Å². The lowest BCUT2D eigenvalue weighted by molar-refractivity contribution is -0.142. The first-order valence-corrected chi connectivity index (χ1v) is 37.1. The summed E-state index contributed by atoms with van der Waals surface area (Å²) in [6.07, 6.45) is 1.53. The van der Waals surface area contributed by atoms with Gasteiger partial charge in [-0.1, -0.05) is 74.5 Å². The largest absolute Gasteiger partial charge is 0.508 e. The third-order valence-corrected chi connectivity index (χ3v) is 18.2. The summed E-state index contributed by atoms with van der Waals surface area (Å²) in [6.45, 7) is 5.58. The molecular weight excluding hydrogens is 1460 g/mol. The van der Waals surface area contributed by atoms with Gasteiger partial charge in [-0.2, -0.15) is 11.8 Å². The van der Waals surface area contributed by atoms with E-state index in [1.54, 1.807) is 81.0 Å². The second-order valence-electron chi connectivity index (χ2n) is 27.0. The number of hydrogen-bond acceptors (Lipinski definition) is 19. The number of phenolic OH excluding ortho intramolecular Hbond substituents is 2. The number of H-pyrrole nitrogens is 2. The number of guanidine groups is 1. The summed E-state index contributed by atoms with van der Waals surface area (Å²) >= 11 is 1.40. The van der Waals surface area contributed by atoms with Crippen LogP contribution in [0.2, 0.25) is 0 Å². The molecule has 12 amide bonds. The highest BCUT2D eigenvalue weighted by atomic mass is 32.2. The molecule has 11 atom stereocenters. The molecule has 0 aliphatic heterocycles. The number of aromatic hydroxyl groups is 2. The molecule has 6 aromatic rings. The number of nitrogens with two attached hydrogens (primary N) is 3. The van der Waals surface area contributed by atoms with Crippen molar-refractivity contribution in [1.29, 1.82) is 5.41 Å². The molecule has 6 rings (SSSR count). The molecule has 0 spiro atoms. The molecule has 2 heterocycles. The predicted molar refractivity (Wildman–Crippen MR) is 409 cm³/mol. The van der Waals surface area contributed by atoms with Gasteiger partial charge >= 0.3 is 11.9 Å². The van der Waals surface area contributed by atoms with Crippen LogP contribution in [0.25, 0.3) is 21.8 Å². The Labute approximate surface area is 642 Å². The number of hydrogen-bond donors (Lipinski definition) is 22. The highest BCUT2D eigenvalue weighted by Crippen LogP contribution is 2.23. The van der Waals surface area contributed by atoms with Crippen LogP contribution in [0.15, 0.2) is 109 Å². The minimum absolute atomic E-state index is 0.0793. The SMILES string of the molecule is CSCC[C@H](NC(=O)[C@H](C)N)C(=O)N[C@@H](C)C(=O)N[C@@H](Cc1c[nH]c2ccccc12)C(=O)N[C@@H](CCC(N)=O)C(=O)N[C@@H](CC(=O)O)C(=O)N[C@@H](Cc1ccc(O)cc1)C(=O)N[C@@H](Cc1c[nH]c2ccccc12)C(=O)N[C@@H](CC(C)C)C(=O)N[C@@H](Cc1ccc(O)cc1)C(=O)NCC(=O)N[C@@H](CCCNC(=N)N)C(=O)O. The molecule has 25 N–H and O–H groups in total. The number of aromatic nitrogens is 2. The fourth-order valence-electron chi connectivity index (χ4n) is 11.7. The number of amides is 12. The van der Waals surface area contributed by atoms with Gasteiger partial charge in [-0.25, -0.2) is 4.79 Å². The summed E-state index contributed by atoms with van der Waals surface area (Å²) < 4.78 is 0. The van der Waals surface area contributed by atoms with Gasteiger partial charge in [-0.05, 0) is 123 Å². The van der Waals surface area contributed by atoms with E-state index in [1.807, 2.05) is 0 Å². The molecule has 0 saturated heterocycles. The van der Waals surface area contributed by atoms with Crippen molar-refractivity contribution in [2.24, 2.45) is 23.1 Å². The second kappa shape index (κ2) is 43.1. The number of rotatable bonds is 45. The number of carboxylic acids is 2. The van der Waals surface area contributed by atoms with Gasteiger partial charge in [0.05, 0.1) is 19.0 Å². The zero-order chi connectivity index (χ0) is 81.6. The number of aliphatic carboxylic acids is 2. The summed E-state index contributed by atoms with van der Waals surface area (Å²) in [7, 11) is 0. The topological polar surface area (TPSA) is 598 Å². The maximum atomic E-state index is 15.2. The van der Waals surface area contributed by atoms with E-state index in [4.69, 9.17) is 22.6 Å². The van der Waals surface area contributed by atoms with Crippen LogP contribution in [0, 0.1) is 11.3 Å². The third-order valence-electron chi connectivity index (χ3n) is 17.6. The number of benzene rings is 4. The van der Waals surface area contributed by atoms with Crippen LogP contribution < -0.4 is 81.0 Å². The van der Waals surface area contributed by atoms with Crippen LogP contribution in [-0.2, 0) is 92.8 Å². The fraction of sp³-hybridized carbons (Fsp3) is 0.419. The minimum atomic E-state index is -2.10. The smallest absolute Gasteiger partial charge is 0.326 e. The van der Waals surface area contributed by atoms with Crippen molar-refractivity contribution in [1.82, 2.24) is 73.8 Å². The van der Waals surface area contributed by atoms with Crippen molar-refractivity contribution < 1.29 is 87.5 Å². The number of aromatic amines is 2. The van der Waals surface area contributed by atoms with Crippen LogP contribution in [0.3, 0.4) is 0 Å². The van der Waals surface area contributed by atoms with Crippen molar-refractivity contribution in [3.8, 4) is 11.5 Å². The summed E-state index contributed by atoms with van der Waals surface area (Å²) in [5.41, 5.74) is 19.5. The number of phenols is 2. The molecule has 0 bridgehead atoms. The second-order valence-corrected chi connectivity index (χ2v) is 28.0. The first-order chi connectivity index (χ1) is 52.7. The van der Waals surface area contributed by atoms with E-state index in [9.17, 15) is 78.0 Å². The normalized spacial score (nSPS) is 14.1. The maximum absolute atomic E-state index is 15.2. The predicted octanol–water partition coefficient (Wildman–Crippen LogP) is -1.45. The number of para-hydroxylation sites is 2. The van der Waals surface area contributed by atoms with Crippen LogP contribution in [0.4, 0.5) is 0 Å². The Kier molecular flexibility index (Phi) is 34.0. The molecule has 0 aliphatic carbocycles. The maximum Gasteiger partial charge on any atom is 0.326 e. The molecule has 0 unspecified atom stereocenters. The van der Waals surface area contributed by atoms with Gasteiger partial charge < -0.3 is 111 Å². The Balaban J connectivity index is 1.29. The molecule has 0 radical (unpaired) electrons. The van der Waals surface area contributed by atoms with Gasteiger partial charge in [0, 0.05) is 72.8 Å². The Hall–Kier alpha value is -12.3. The van der Waals surface area contributed by atoms with Gasteiger partial charge in [0.1, 0.15) is 71.9 Å². The number of primary amides is 1. The Morgan fingerprint density at radius 2 is 0.892 bits per heavy atom. The Morgan fingerprint density at radius 3 is 1.37 bits per heavy atom. The standard InChI is InChI=1S/C74H98N18O18S/c1-38(2)29-54(68(104)89-55(30-41-16-20-45(93)21-17-41)65(101)82-37-61(96)84-53(73(109)110)15-10-27-79-74(77)78)88-71(107)58(33-44-36-81-50-14-9-7-12-48(44)50)91-69(105)56(31-42-18-22-46(94)23-19-42)90-72(108)59(34-62(97)98)92-67(103)51(24-25-60(76)95)86-70(106)57(32-43-35-80-49-13-8-6-11-47(43)49)87-64(100)40(4)83-66(102)52(26-28-111-5)85-63(99)39(3)75/h6-9,11-14,16-23,35-36,38-40,51-59,80-81,93-94H,10,15,24-34,37,75H2,1-5H3,(H2,76,95)(H,82,101)(H,83,102)(H,84,96)(H,85,99)(H,86,106)(H,87,100)(H,88,107)(H,89,104)(H,90,108)(H,91,105)(H,92,103)(H,97,98)(H,109,110)(H4,77,78,79)/t39-,40-,51-,52-,53-,54-,55-,56-,57-,58-,59-/m0/s1. The zero-order valence-corrected chi connectivity index (χ0v) is 62.7. The summed E-state index contributed by atoms with van der Waals surface area (Å²) in [5, 5.41) is 79.4. The van der Waals surface area contributed by atoms with Gasteiger partial charge in [-0.3, -0.25) is 67.7 Å². The number of carbonyl (C=O) groups excluding carboxylic acids is 12. The highest BCUT2D eigenvalue weighted by molar-refractivity contribution is 7.98. The van der Waals surface area contributed by atoms with Crippen molar-refractivity contribution in [2.45, 2.75) is 165 Å². The Bertz CT molecular complexity index is 4290. The van der Waals surface area contributed by atoms with Gasteiger partial charge in [0.15, 0.2) is 5.96 Å². The minimum Gasteiger partial charge on any atom is -0.508 e. The zero-order valence-electron chi connectivity index (χ0n) is 61.9. The van der Waals surface area contributed by atoms with Crippen molar-refractivity contribution in [3.63, 3.8) is 0 Å². The van der Waals surface area contributed by atoms with Crippen LogP contribution in [0.5, 0.6) is 11.5 Å². The highest BCUT2D eigenvalue weighted by Gasteiger charge is 2.38. The average Bonchev–Trinajstić information content (AvgIpc) is 1.80. The molecular formula is C74H98N18O18S. The summed E-state index contributed by atoms with van der Waals surface area (Å²) in [6, 6.07) is 8.09. The van der Waals surface area contributed by atoms with Crippen LogP contribution in [-0.4, -0.2) is 211 Å². The number of carboxylic acid groups (broad SMARTS) is 2. The average molecular weight is 1560 g/mol. The molecule has 0 aliphatic rings. The quantitative estimate of drug-likeness (QED) is 0.0118.